The lowest BCUT2D eigenvalue weighted by molar-refractivity contribution is 0.602. The van der Waals surface area contributed by atoms with Crippen molar-refractivity contribution in [1.29, 1.82) is 0 Å². The highest BCUT2D eigenvalue weighted by Gasteiger charge is 2.05. The predicted molar refractivity (Wildman–Crippen MR) is 32.7 cm³/mol. The van der Waals surface area contributed by atoms with Crippen LogP contribution in [-0.4, -0.2) is 19.7 Å². The Labute approximate surface area is 53.6 Å². The van der Waals surface area contributed by atoms with Gasteiger partial charge in [-0.05, 0) is 6.07 Å². The highest BCUT2D eigenvalue weighted by molar-refractivity contribution is 7.90. The maximum atomic E-state index is 10.6. The SMILES string of the molecule is CS(=O)(=O)c1[c][nH]cc1. The predicted octanol–water partition coefficient (Wildman–Crippen LogP) is 0.218. The van der Waals surface area contributed by atoms with Gasteiger partial charge in [0.1, 0.15) is 0 Å². The second kappa shape index (κ2) is 1.88. The van der Waals surface area contributed by atoms with Crippen molar-refractivity contribution in [2.24, 2.45) is 0 Å². The molecule has 0 atom stereocenters. The zero-order chi connectivity index (χ0) is 6.91. The second-order valence-electron chi connectivity index (χ2n) is 1.74. The summed E-state index contributed by atoms with van der Waals surface area (Å²) in [5.41, 5.74) is 0. The number of nitrogens with one attached hydrogen (secondary N) is 1. The van der Waals surface area contributed by atoms with Crippen LogP contribution in [0.4, 0.5) is 0 Å². The lowest BCUT2D eigenvalue weighted by Crippen LogP contribution is -1.93. The van der Waals surface area contributed by atoms with Gasteiger partial charge in [-0.3, -0.25) is 0 Å². The molecule has 0 amide bonds. The summed E-state index contributed by atoms with van der Waals surface area (Å²) in [6.45, 7) is 0. The van der Waals surface area contributed by atoms with Crippen LogP contribution in [0.15, 0.2) is 17.2 Å². The van der Waals surface area contributed by atoms with Crippen molar-refractivity contribution in [1.82, 2.24) is 4.98 Å². The molecule has 1 heterocycles. The lowest BCUT2D eigenvalue weighted by Gasteiger charge is -1.85. The standard InChI is InChI=1S/C5H6NO2S/c1-9(7,8)5-2-3-6-4-5/h2-3,6H,1H3. The molecule has 0 saturated carbocycles. The summed E-state index contributed by atoms with van der Waals surface area (Å²) in [6, 6.07) is 1.47. The fraction of sp³-hybridized carbons (Fsp3) is 0.200. The smallest absolute Gasteiger partial charge is 0.177 e. The third kappa shape index (κ3) is 1.32. The van der Waals surface area contributed by atoms with Crippen LogP contribution in [0.25, 0.3) is 0 Å². The number of rotatable bonds is 1. The van der Waals surface area contributed by atoms with Gasteiger partial charge >= 0.3 is 0 Å². The molecule has 1 radical (unpaired) electrons. The fourth-order valence-corrected chi connectivity index (χ4v) is 1.05. The number of aromatic nitrogens is 1. The quantitative estimate of drug-likeness (QED) is 0.613. The molecule has 0 aromatic carbocycles. The van der Waals surface area contributed by atoms with E-state index in [1.165, 1.54) is 12.3 Å². The Morgan fingerprint density at radius 1 is 1.67 bits per heavy atom. The Morgan fingerprint density at radius 2 is 2.33 bits per heavy atom. The monoisotopic (exact) mass is 144 g/mol. The third-order valence-electron chi connectivity index (χ3n) is 0.913. The molecule has 9 heavy (non-hydrogen) atoms. The van der Waals surface area contributed by atoms with Crippen LogP contribution in [-0.2, 0) is 9.84 Å². The largest absolute Gasteiger partial charge is 0.359 e. The van der Waals surface area contributed by atoms with Crippen LogP contribution in [0.3, 0.4) is 0 Å². The molecule has 0 bridgehead atoms. The Balaban J connectivity index is 3.20. The van der Waals surface area contributed by atoms with Crippen molar-refractivity contribution < 1.29 is 8.42 Å². The van der Waals surface area contributed by atoms with E-state index in [4.69, 9.17) is 0 Å². The van der Waals surface area contributed by atoms with Gasteiger partial charge < -0.3 is 4.98 Å². The maximum Gasteiger partial charge on any atom is 0.177 e. The molecule has 1 aromatic heterocycles. The number of sulfone groups is 1. The highest BCUT2D eigenvalue weighted by Crippen LogP contribution is 2.03. The van der Waals surface area contributed by atoms with Crippen molar-refractivity contribution in [3.05, 3.63) is 18.5 Å². The summed E-state index contributed by atoms with van der Waals surface area (Å²) in [4.78, 5) is 2.74. The molecule has 0 fully saturated rings. The summed E-state index contributed by atoms with van der Waals surface area (Å²) in [5.74, 6) is 0. The molecule has 0 saturated heterocycles. The Hall–Kier alpha value is -0.770. The van der Waals surface area contributed by atoms with Crippen LogP contribution in [0.2, 0.25) is 0 Å². The zero-order valence-electron chi connectivity index (χ0n) is 4.88. The molecule has 0 aliphatic rings. The molecule has 0 aliphatic carbocycles. The maximum absolute atomic E-state index is 10.6. The van der Waals surface area contributed by atoms with Gasteiger partial charge in [0.25, 0.3) is 0 Å². The zero-order valence-corrected chi connectivity index (χ0v) is 5.70. The minimum absolute atomic E-state index is 0.211. The number of aromatic amines is 1. The minimum atomic E-state index is -3.05. The van der Waals surface area contributed by atoms with E-state index in [0.717, 1.165) is 6.26 Å². The highest BCUT2D eigenvalue weighted by atomic mass is 32.2. The van der Waals surface area contributed by atoms with Gasteiger partial charge in [0, 0.05) is 12.5 Å². The van der Waals surface area contributed by atoms with E-state index in [9.17, 15) is 8.42 Å². The molecule has 1 N–H and O–H groups in total. The summed E-state index contributed by atoms with van der Waals surface area (Å²) in [5, 5.41) is 0. The summed E-state index contributed by atoms with van der Waals surface area (Å²) >= 11 is 0. The second-order valence-corrected chi connectivity index (χ2v) is 3.72. The normalized spacial score (nSPS) is 11.7. The number of H-pyrrole nitrogens is 1. The first-order chi connectivity index (χ1) is 4.11. The van der Waals surface area contributed by atoms with Gasteiger partial charge in [0.05, 0.1) is 11.1 Å². The first-order valence-corrected chi connectivity index (χ1v) is 4.25. The van der Waals surface area contributed by atoms with Crippen LogP contribution in [0.1, 0.15) is 0 Å². The topological polar surface area (TPSA) is 49.9 Å². The summed E-state index contributed by atoms with van der Waals surface area (Å²) < 4.78 is 21.3. The minimum Gasteiger partial charge on any atom is -0.359 e. The van der Waals surface area contributed by atoms with Crippen LogP contribution in [0, 0.1) is 6.20 Å². The molecule has 4 heteroatoms. The number of hydrogen-bond donors (Lipinski definition) is 1. The average Bonchev–Trinajstić information content (AvgIpc) is 2.08. The van der Waals surface area contributed by atoms with Crippen molar-refractivity contribution in [3.63, 3.8) is 0 Å². The van der Waals surface area contributed by atoms with E-state index in [1.807, 2.05) is 0 Å². The molecule has 1 aromatic rings. The Bertz CT molecular complexity index is 272. The fourth-order valence-electron chi connectivity index (χ4n) is 0.488. The van der Waals surface area contributed by atoms with Crippen molar-refractivity contribution in [2.45, 2.75) is 4.90 Å². The van der Waals surface area contributed by atoms with E-state index >= 15 is 0 Å². The van der Waals surface area contributed by atoms with Crippen LogP contribution >= 0.6 is 0 Å². The molecule has 49 valence electrons. The molecular formula is C5H6NO2S. The van der Waals surface area contributed by atoms with E-state index in [-0.39, 0.29) is 4.90 Å². The molecule has 1 rings (SSSR count). The van der Waals surface area contributed by atoms with Gasteiger partial charge in [-0.1, -0.05) is 0 Å². The van der Waals surface area contributed by atoms with E-state index in [2.05, 4.69) is 11.2 Å². The van der Waals surface area contributed by atoms with E-state index < -0.39 is 9.84 Å². The van der Waals surface area contributed by atoms with Gasteiger partial charge in [0.15, 0.2) is 9.84 Å². The van der Waals surface area contributed by atoms with Crippen LogP contribution < -0.4 is 0 Å². The van der Waals surface area contributed by atoms with Gasteiger partial charge in [-0.2, -0.15) is 0 Å². The first kappa shape index (κ1) is 6.35. The molecule has 0 aliphatic heterocycles. The lowest BCUT2D eigenvalue weighted by atomic mass is 10.7. The summed E-state index contributed by atoms with van der Waals surface area (Å²) in [6.07, 6.45) is 5.13. The number of hydrogen-bond acceptors (Lipinski definition) is 2. The van der Waals surface area contributed by atoms with E-state index in [0.29, 0.717) is 0 Å². The molecule has 0 unspecified atom stereocenters. The van der Waals surface area contributed by atoms with E-state index in [1.54, 1.807) is 0 Å². The molecule has 3 nitrogen and oxygen atoms in total. The van der Waals surface area contributed by atoms with Gasteiger partial charge in [-0.25, -0.2) is 8.42 Å². The first-order valence-electron chi connectivity index (χ1n) is 2.36. The average molecular weight is 144 g/mol. The van der Waals surface area contributed by atoms with Gasteiger partial charge in [-0.15, -0.1) is 0 Å². The van der Waals surface area contributed by atoms with Crippen LogP contribution in [0.5, 0.6) is 0 Å². The van der Waals surface area contributed by atoms with Crippen molar-refractivity contribution >= 4 is 9.84 Å². The van der Waals surface area contributed by atoms with Crippen molar-refractivity contribution in [3.8, 4) is 0 Å². The Morgan fingerprint density at radius 3 is 2.56 bits per heavy atom. The Kier molecular flexibility index (Phi) is 1.32. The molecular weight excluding hydrogens is 138 g/mol. The van der Waals surface area contributed by atoms with Crippen molar-refractivity contribution in [2.75, 3.05) is 6.26 Å². The summed E-state index contributed by atoms with van der Waals surface area (Å²) in [7, 11) is -3.05. The van der Waals surface area contributed by atoms with Gasteiger partial charge in [0.2, 0.25) is 0 Å². The third-order valence-corrected chi connectivity index (χ3v) is 1.95. The molecule has 0 spiro atoms.